The summed E-state index contributed by atoms with van der Waals surface area (Å²) in [7, 11) is 0. The highest BCUT2D eigenvalue weighted by atomic mass is 19.1. The fraction of sp³-hybridized carbons (Fsp3) is 0.421. The van der Waals surface area contributed by atoms with E-state index in [-0.39, 0.29) is 18.0 Å². The molecule has 0 saturated heterocycles. The first-order chi connectivity index (χ1) is 11.4. The van der Waals surface area contributed by atoms with Crippen LogP contribution in [0.15, 0.2) is 18.2 Å². The summed E-state index contributed by atoms with van der Waals surface area (Å²) < 4.78 is 29.8. The Hall–Kier alpha value is -2.17. The summed E-state index contributed by atoms with van der Waals surface area (Å²) in [6.45, 7) is 8.33. The number of halogens is 2. The van der Waals surface area contributed by atoms with E-state index in [2.05, 4.69) is 5.32 Å². The molecule has 24 heavy (non-hydrogen) atoms. The van der Waals surface area contributed by atoms with Gasteiger partial charge in [0.1, 0.15) is 17.3 Å². The summed E-state index contributed by atoms with van der Waals surface area (Å²) >= 11 is 0. The van der Waals surface area contributed by atoms with Crippen molar-refractivity contribution in [1.29, 1.82) is 0 Å². The molecule has 3 nitrogen and oxygen atoms in total. The Morgan fingerprint density at radius 1 is 1.12 bits per heavy atom. The molecule has 0 radical (unpaired) electrons. The highest BCUT2D eigenvalue weighted by Crippen LogP contribution is 2.25. The van der Waals surface area contributed by atoms with E-state index in [0.29, 0.717) is 12.2 Å². The van der Waals surface area contributed by atoms with Crippen LogP contribution >= 0.6 is 0 Å². The molecule has 0 fully saturated rings. The minimum Gasteiger partial charge on any atom is -0.351 e. The van der Waals surface area contributed by atoms with Crippen LogP contribution in [0.25, 0.3) is 0 Å². The summed E-state index contributed by atoms with van der Waals surface area (Å²) in [4.78, 5) is 12.6. The van der Waals surface area contributed by atoms with Gasteiger partial charge in [0.25, 0.3) is 5.91 Å². The first-order valence-corrected chi connectivity index (χ1v) is 8.31. The van der Waals surface area contributed by atoms with Gasteiger partial charge in [0.05, 0.1) is 6.54 Å². The lowest BCUT2D eigenvalue weighted by molar-refractivity contribution is 0.0943. The molecule has 1 aromatic heterocycles. The van der Waals surface area contributed by atoms with Crippen molar-refractivity contribution in [3.63, 3.8) is 0 Å². The molecule has 1 N–H and O–H groups in total. The molecule has 2 rings (SSSR count). The zero-order valence-electron chi connectivity index (χ0n) is 14.7. The van der Waals surface area contributed by atoms with Crippen molar-refractivity contribution in [2.45, 2.75) is 47.1 Å². The predicted molar refractivity (Wildman–Crippen MR) is 91.4 cm³/mol. The van der Waals surface area contributed by atoms with Gasteiger partial charge in [-0.05, 0) is 49.9 Å². The maximum absolute atomic E-state index is 14.0. The summed E-state index contributed by atoms with van der Waals surface area (Å²) in [5, 5.41) is 2.86. The van der Waals surface area contributed by atoms with E-state index in [0.717, 1.165) is 29.7 Å². The molecule has 1 heterocycles. The first-order valence-electron chi connectivity index (χ1n) is 8.31. The molecule has 0 unspecified atom stereocenters. The maximum atomic E-state index is 14.0. The van der Waals surface area contributed by atoms with E-state index < -0.39 is 11.6 Å². The monoisotopic (exact) mass is 334 g/mol. The predicted octanol–water partition coefficient (Wildman–Crippen LogP) is 4.13. The second-order valence-corrected chi connectivity index (χ2v) is 5.93. The third-order valence-electron chi connectivity index (χ3n) is 4.40. The summed E-state index contributed by atoms with van der Waals surface area (Å²) in [6, 6.07) is 3.82. The number of nitrogens with zero attached hydrogens (tertiary/aromatic N) is 1. The van der Waals surface area contributed by atoms with Crippen LogP contribution < -0.4 is 5.32 Å². The van der Waals surface area contributed by atoms with E-state index in [9.17, 15) is 13.6 Å². The SMILES string of the molecule is CCCNC(=O)c1c(C)c(CC)c(C)n1Cc1c(F)cccc1F. The number of benzene rings is 1. The van der Waals surface area contributed by atoms with Crippen molar-refractivity contribution < 1.29 is 13.6 Å². The average molecular weight is 334 g/mol. The molecular weight excluding hydrogens is 310 g/mol. The first kappa shape index (κ1) is 18.2. The fourth-order valence-corrected chi connectivity index (χ4v) is 3.12. The number of carbonyl (C=O) groups excluding carboxylic acids is 1. The third-order valence-corrected chi connectivity index (χ3v) is 4.40. The van der Waals surface area contributed by atoms with E-state index >= 15 is 0 Å². The van der Waals surface area contributed by atoms with Gasteiger partial charge in [0.15, 0.2) is 0 Å². The van der Waals surface area contributed by atoms with Gasteiger partial charge < -0.3 is 9.88 Å². The Morgan fingerprint density at radius 3 is 2.29 bits per heavy atom. The number of amides is 1. The third kappa shape index (κ3) is 3.35. The van der Waals surface area contributed by atoms with Crippen molar-refractivity contribution >= 4 is 5.91 Å². The fourth-order valence-electron chi connectivity index (χ4n) is 3.12. The van der Waals surface area contributed by atoms with Gasteiger partial charge in [0.2, 0.25) is 0 Å². The molecular formula is C19H24F2N2O. The number of hydrogen-bond acceptors (Lipinski definition) is 1. The lowest BCUT2D eigenvalue weighted by Crippen LogP contribution is -2.28. The zero-order valence-corrected chi connectivity index (χ0v) is 14.7. The van der Waals surface area contributed by atoms with E-state index in [1.165, 1.54) is 18.2 Å². The van der Waals surface area contributed by atoms with Crippen molar-refractivity contribution in [2.75, 3.05) is 6.54 Å². The van der Waals surface area contributed by atoms with Gasteiger partial charge in [-0.15, -0.1) is 0 Å². The Labute approximate surface area is 141 Å². The Bertz CT molecular complexity index is 730. The van der Waals surface area contributed by atoms with E-state index in [1.54, 1.807) is 4.57 Å². The Balaban J connectivity index is 2.54. The van der Waals surface area contributed by atoms with Crippen molar-refractivity contribution in [3.8, 4) is 0 Å². The summed E-state index contributed by atoms with van der Waals surface area (Å²) in [6.07, 6.45) is 1.59. The van der Waals surface area contributed by atoms with Gasteiger partial charge in [-0.3, -0.25) is 4.79 Å². The molecule has 0 spiro atoms. The van der Waals surface area contributed by atoms with Gasteiger partial charge in [-0.1, -0.05) is 19.9 Å². The van der Waals surface area contributed by atoms with Crippen LogP contribution in [0, 0.1) is 25.5 Å². The van der Waals surface area contributed by atoms with Crippen LogP contribution in [0.2, 0.25) is 0 Å². The molecule has 0 aliphatic rings. The van der Waals surface area contributed by atoms with Crippen LogP contribution in [0.4, 0.5) is 8.78 Å². The van der Waals surface area contributed by atoms with E-state index in [1.807, 2.05) is 27.7 Å². The van der Waals surface area contributed by atoms with Gasteiger partial charge >= 0.3 is 0 Å². The number of hydrogen-bond donors (Lipinski definition) is 1. The van der Waals surface area contributed by atoms with Crippen LogP contribution in [0.5, 0.6) is 0 Å². The van der Waals surface area contributed by atoms with Crippen LogP contribution in [-0.4, -0.2) is 17.0 Å². The van der Waals surface area contributed by atoms with Crippen LogP contribution in [0.3, 0.4) is 0 Å². The average Bonchev–Trinajstić information content (AvgIpc) is 2.78. The van der Waals surface area contributed by atoms with Crippen molar-refractivity contribution in [3.05, 3.63) is 57.9 Å². The number of carbonyl (C=O) groups is 1. The molecule has 0 aliphatic heterocycles. The lowest BCUT2D eigenvalue weighted by atomic mass is 10.1. The van der Waals surface area contributed by atoms with Gasteiger partial charge in [-0.25, -0.2) is 8.78 Å². The highest BCUT2D eigenvalue weighted by Gasteiger charge is 2.23. The Kier molecular flexibility index (Phi) is 5.75. The number of rotatable bonds is 6. The largest absolute Gasteiger partial charge is 0.351 e. The zero-order chi connectivity index (χ0) is 17.9. The van der Waals surface area contributed by atoms with Crippen molar-refractivity contribution in [2.24, 2.45) is 0 Å². The lowest BCUT2D eigenvalue weighted by Gasteiger charge is -2.14. The van der Waals surface area contributed by atoms with E-state index in [4.69, 9.17) is 0 Å². The summed E-state index contributed by atoms with van der Waals surface area (Å²) in [5.74, 6) is -1.40. The molecule has 5 heteroatoms. The molecule has 0 atom stereocenters. The number of aromatic nitrogens is 1. The number of nitrogens with one attached hydrogen (secondary N) is 1. The van der Waals surface area contributed by atoms with Gasteiger partial charge in [0, 0.05) is 17.8 Å². The molecule has 1 aromatic carbocycles. The molecule has 2 aromatic rings. The minimum absolute atomic E-state index is 0.0000579. The quantitative estimate of drug-likeness (QED) is 0.847. The molecule has 1 amide bonds. The van der Waals surface area contributed by atoms with Crippen LogP contribution in [0.1, 0.15) is 53.1 Å². The Morgan fingerprint density at radius 2 is 1.75 bits per heavy atom. The standard InChI is InChI=1S/C19H24F2N2O/c1-5-10-22-19(24)18-12(3)14(6-2)13(4)23(18)11-15-16(20)8-7-9-17(15)21/h7-9H,5-6,10-11H2,1-4H3,(H,22,24). The van der Waals surface area contributed by atoms with Gasteiger partial charge in [-0.2, -0.15) is 0 Å². The second kappa shape index (κ2) is 7.60. The normalized spacial score (nSPS) is 10.9. The minimum atomic E-state index is -0.598. The maximum Gasteiger partial charge on any atom is 0.268 e. The topological polar surface area (TPSA) is 34.0 Å². The molecule has 130 valence electrons. The molecule has 0 bridgehead atoms. The highest BCUT2D eigenvalue weighted by molar-refractivity contribution is 5.95. The van der Waals surface area contributed by atoms with Crippen LogP contribution in [-0.2, 0) is 13.0 Å². The van der Waals surface area contributed by atoms with Crippen molar-refractivity contribution in [1.82, 2.24) is 9.88 Å². The molecule has 0 saturated carbocycles. The second-order valence-electron chi connectivity index (χ2n) is 5.93. The smallest absolute Gasteiger partial charge is 0.268 e. The molecule has 0 aliphatic carbocycles. The summed E-state index contributed by atoms with van der Waals surface area (Å²) in [5.41, 5.74) is 3.26.